The Balaban J connectivity index is 3.08. The first kappa shape index (κ1) is 10.9. The van der Waals surface area contributed by atoms with E-state index >= 15 is 0 Å². The third kappa shape index (κ3) is 2.41. The quantitative estimate of drug-likeness (QED) is 0.660. The summed E-state index contributed by atoms with van der Waals surface area (Å²) in [5, 5.41) is 2.07. The Labute approximate surface area is 87.2 Å². The molecule has 0 saturated carbocycles. The van der Waals surface area contributed by atoms with Crippen LogP contribution in [-0.2, 0) is 0 Å². The number of carbonyl (C=O) groups excluding carboxylic acids is 1. The van der Waals surface area contributed by atoms with E-state index in [0.29, 0.717) is 0 Å². The largest absolute Gasteiger partial charge is 0.494 e. The van der Waals surface area contributed by atoms with Crippen LogP contribution in [0.25, 0.3) is 0 Å². The molecule has 1 amide bonds. The molecule has 6 heteroatoms. The summed E-state index contributed by atoms with van der Waals surface area (Å²) in [7, 11) is 1.22. The van der Waals surface area contributed by atoms with Crippen LogP contribution >= 0.6 is 15.9 Å². The number of carbonyl (C=O) groups is 1. The molecule has 0 heterocycles. The van der Waals surface area contributed by atoms with Crippen molar-refractivity contribution in [3.05, 3.63) is 23.8 Å². The minimum atomic E-state index is -0.768. The molecule has 76 valence electrons. The van der Waals surface area contributed by atoms with Crippen molar-refractivity contribution in [1.29, 1.82) is 0 Å². The lowest BCUT2D eigenvalue weighted by Gasteiger charge is -2.06. The van der Waals surface area contributed by atoms with E-state index in [-0.39, 0.29) is 11.4 Å². The van der Waals surface area contributed by atoms with Crippen LogP contribution in [-0.4, -0.2) is 11.9 Å². The van der Waals surface area contributed by atoms with Crippen LogP contribution in [0, 0.1) is 11.6 Å². The van der Waals surface area contributed by atoms with Crippen LogP contribution in [0.2, 0.25) is 0 Å². The standard InChI is InChI=1S/C8H6BrF2NO2/c1-14-7-3-4(10)6(2-5(7)11)12-8(9)13/h2-3H,1H3,(H,12,13). The predicted octanol–water partition coefficient (Wildman–Crippen LogP) is 2.90. The zero-order chi connectivity index (χ0) is 10.7. The van der Waals surface area contributed by atoms with Gasteiger partial charge in [0, 0.05) is 28.1 Å². The summed E-state index contributed by atoms with van der Waals surface area (Å²) in [5.41, 5.74) is -0.245. The van der Waals surface area contributed by atoms with Gasteiger partial charge >= 0.3 is 0 Å². The second-order valence-corrected chi connectivity index (χ2v) is 3.09. The molecular formula is C8H6BrF2NO2. The zero-order valence-corrected chi connectivity index (χ0v) is 8.69. The van der Waals surface area contributed by atoms with E-state index < -0.39 is 16.5 Å². The van der Waals surface area contributed by atoms with Crippen LogP contribution in [0.3, 0.4) is 0 Å². The summed E-state index contributed by atoms with van der Waals surface area (Å²) < 4.78 is 30.7. The maximum absolute atomic E-state index is 13.1. The van der Waals surface area contributed by atoms with Gasteiger partial charge in [-0.05, 0) is 0 Å². The molecule has 0 aliphatic heterocycles. The minimum Gasteiger partial charge on any atom is -0.494 e. The Kier molecular flexibility index (Phi) is 3.40. The highest BCUT2D eigenvalue weighted by molar-refractivity contribution is 9.18. The van der Waals surface area contributed by atoms with E-state index in [1.165, 1.54) is 7.11 Å². The van der Waals surface area contributed by atoms with E-state index in [0.717, 1.165) is 12.1 Å². The van der Waals surface area contributed by atoms with Crippen molar-refractivity contribution in [3.8, 4) is 5.75 Å². The lowest BCUT2D eigenvalue weighted by Crippen LogP contribution is -2.04. The second kappa shape index (κ2) is 4.36. The van der Waals surface area contributed by atoms with Crippen molar-refractivity contribution >= 4 is 26.4 Å². The zero-order valence-electron chi connectivity index (χ0n) is 7.11. The molecule has 0 fully saturated rings. The van der Waals surface area contributed by atoms with Gasteiger partial charge in [0.15, 0.2) is 17.4 Å². The Morgan fingerprint density at radius 3 is 2.57 bits per heavy atom. The van der Waals surface area contributed by atoms with E-state index in [9.17, 15) is 13.6 Å². The van der Waals surface area contributed by atoms with Gasteiger partial charge in [-0.1, -0.05) is 0 Å². The highest BCUT2D eigenvalue weighted by atomic mass is 79.9. The highest BCUT2D eigenvalue weighted by Gasteiger charge is 2.11. The number of anilines is 1. The Morgan fingerprint density at radius 1 is 1.43 bits per heavy atom. The molecule has 0 aliphatic rings. The molecule has 14 heavy (non-hydrogen) atoms. The monoisotopic (exact) mass is 265 g/mol. The Hall–Kier alpha value is -1.17. The van der Waals surface area contributed by atoms with Gasteiger partial charge in [-0.3, -0.25) is 4.79 Å². The molecule has 1 N–H and O–H groups in total. The number of methoxy groups -OCH3 is 1. The third-order valence-electron chi connectivity index (χ3n) is 1.47. The number of amides is 1. The van der Waals surface area contributed by atoms with Gasteiger partial charge in [0.05, 0.1) is 12.8 Å². The first-order chi connectivity index (χ1) is 6.54. The van der Waals surface area contributed by atoms with Crippen LogP contribution in [0.4, 0.5) is 19.3 Å². The Morgan fingerprint density at radius 2 is 2.07 bits per heavy atom. The van der Waals surface area contributed by atoms with Crippen LogP contribution in [0.15, 0.2) is 12.1 Å². The molecule has 1 aromatic carbocycles. The molecule has 1 aromatic rings. The van der Waals surface area contributed by atoms with Gasteiger partial charge in [-0.2, -0.15) is 0 Å². The lowest BCUT2D eigenvalue weighted by atomic mass is 10.3. The fourth-order valence-electron chi connectivity index (χ4n) is 0.887. The second-order valence-electron chi connectivity index (χ2n) is 2.37. The topological polar surface area (TPSA) is 38.3 Å². The third-order valence-corrected chi connectivity index (χ3v) is 1.67. The molecule has 0 spiro atoms. The molecule has 0 bridgehead atoms. The first-order valence-electron chi connectivity index (χ1n) is 3.54. The molecule has 0 aliphatic carbocycles. The average Bonchev–Trinajstić information content (AvgIpc) is 2.10. The van der Waals surface area contributed by atoms with Gasteiger partial charge in [0.1, 0.15) is 0 Å². The summed E-state index contributed by atoms with van der Waals surface area (Å²) >= 11 is 2.54. The van der Waals surface area contributed by atoms with Crippen LogP contribution in [0.5, 0.6) is 5.75 Å². The van der Waals surface area contributed by atoms with Gasteiger partial charge in [-0.15, -0.1) is 0 Å². The van der Waals surface area contributed by atoms with E-state index in [1.54, 1.807) is 0 Å². The number of rotatable bonds is 2. The molecule has 0 atom stereocenters. The lowest BCUT2D eigenvalue weighted by molar-refractivity contribution is 0.270. The smallest absolute Gasteiger partial charge is 0.291 e. The van der Waals surface area contributed by atoms with Crippen molar-refractivity contribution in [2.45, 2.75) is 0 Å². The van der Waals surface area contributed by atoms with Gasteiger partial charge < -0.3 is 10.1 Å². The first-order valence-corrected chi connectivity index (χ1v) is 4.33. The molecule has 0 saturated heterocycles. The maximum atomic E-state index is 13.1. The van der Waals surface area contributed by atoms with Crippen LogP contribution in [0.1, 0.15) is 0 Å². The van der Waals surface area contributed by atoms with Crippen molar-refractivity contribution < 1.29 is 18.3 Å². The van der Waals surface area contributed by atoms with E-state index in [4.69, 9.17) is 0 Å². The summed E-state index contributed by atoms with van der Waals surface area (Å²) in [6.45, 7) is 0. The molecule has 0 radical (unpaired) electrons. The van der Waals surface area contributed by atoms with Gasteiger partial charge in [-0.25, -0.2) is 8.78 Å². The summed E-state index contributed by atoms with van der Waals surface area (Å²) in [5.74, 6) is -1.73. The molecular weight excluding hydrogens is 260 g/mol. The molecule has 0 unspecified atom stereocenters. The summed E-state index contributed by atoms with van der Waals surface area (Å²) in [6.07, 6.45) is 0. The minimum absolute atomic E-state index is 0.213. The number of nitrogens with one attached hydrogen (secondary N) is 1. The van der Waals surface area contributed by atoms with Crippen molar-refractivity contribution in [3.63, 3.8) is 0 Å². The van der Waals surface area contributed by atoms with Gasteiger partial charge in [0.25, 0.3) is 4.82 Å². The summed E-state index contributed by atoms with van der Waals surface area (Å²) in [6, 6.07) is 1.70. The molecule has 0 aromatic heterocycles. The molecule has 3 nitrogen and oxygen atoms in total. The van der Waals surface area contributed by atoms with Crippen molar-refractivity contribution in [2.24, 2.45) is 0 Å². The van der Waals surface area contributed by atoms with E-state index in [1.807, 2.05) is 0 Å². The average molecular weight is 266 g/mol. The van der Waals surface area contributed by atoms with Crippen molar-refractivity contribution in [1.82, 2.24) is 0 Å². The van der Waals surface area contributed by atoms with E-state index in [2.05, 4.69) is 26.0 Å². The number of ether oxygens (including phenoxy) is 1. The van der Waals surface area contributed by atoms with Crippen molar-refractivity contribution in [2.75, 3.05) is 12.4 Å². The SMILES string of the molecule is COc1cc(F)c(NC(=O)Br)cc1F. The number of halogens is 3. The van der Waals surface area contributed by atoms with Gasteiger partial charge in [0.2, 0.25) is 0 Å². The summed E-state index contributed by atoms with van der Waals surface area (Å²) in [4.78, 5) is 9.86. The molecule has 1 rings (SSSR count). The predicted molar refractivity (Wildman–Crippen MR) is 50.9 cm³/mol. The normalized spacial score (nSPS) is 9.71. The number of hydrogen-bond acceptors (Lipinski definition) is 2. The number of hydrogen-bond donors (Lipinski definition) is 1. The van der Waals surface area contributed by atoms with Crippen LogP contribution < -0.4 is 10.1 Å². The fraction of sp³-hybridized carbons (Fsp3) is 0.125. The fourth-order valence-corrected chi connectivity index (χ4v) is 1.10. The number of benzene rings is 1. The Bertz CT molecular complexity index is 371. The highest BCUT2D eigenvalue weighted by Crippen LogP contribution is 2.24. The maximum Gasteiger partial charge on any atom is 0.291 e.